The molecule has 21 heavy (non-hydrogen) atoms. The fourth-order valence-corrected chi connectivity index (χ4v) is 2.80. The molecular formula is C15H23ClN4O. The molecular weight excluding hydrogens is 288 g/mol. The minimum atomic E-state index is -0.221. The average Bonchev–Trinajstić information content (AvgIpc) is 2.48. The Morgan fingerprint density at radius 2 is 2.10 bits per heavy atom. The third kappa shape index (κ3) is 4.58. The first-order valence-electron chi connectivity index (χ1n) is 7.47. The predicted octanol–water partition coefficient (Wildman–Crippen LogP) is 2.38. The molecule has 1 atom stereocenters. The van der Waals surface area contributed by atoms with Gasteiger partial charge in [-0.1, -0.05) is 18.0 Å². The average molecular weight is 311 g/mol. The van der Waals surface area contributed by atoms with Crippen LogP contribution in [0.2, 0.25) is 5.02 Å². The van der Waals surface area contributed by atoms with Crippen LogP contribution in [0.5, 0.6) is 0 Å². The van der Waals surface area contributed by atoms with Gasteiger partial charge < -0.3 is 15.5 Å². The molecule has 116 valence electrons. The first kappa shape index (κ1) is 16.0. The van der Waals surface area contributed by atoms with Gasteiger partial charge in [0.15, 0.2) is 0 Å². The second-order valence-electron chi connectivity index (χ2n) is 5.51. The summed E-state index contributed by atoms with van der Waals surface area (Å²) >= 11 is 6.06. The number of amides is 1. The first-order valence-corrected chi connectivity index (χ1v) is 7.85. The van der Waals surface area contributed by atoms with Crippen LogP contribution in [0.4, 0.5) is 5.82 Å². The van der Waals surface area contributed by atoms with E-state index in [4.69, 9.17) is 11.6 Å². The molecule has 1 amide bonds. The fraction of sp³-hybridized carbons (Fsp3) is 0.600. The van der Waals surface area contributed by atoms with Crippen LogP contribution in [0.15, 0.2) is 12.1 Å². The summed E-state index contributed by atoms with van der Waals surface area (Å²) in [6.45, 7) is 5.13. The zero-order valence-electron chi connectivity index (χ0n) is 12.7. The van der Waals surface area contributed by atoms with Crippen molar-refractivity contribution in [3.8, 4) is 0 Å². The Hall–Kier alpha value is -1.33. The van der Waals surface area contributed by atoms with E-state index < -0.39 is 0 Å². The molecule has 0 aromatic carbocycles. The van der Waals surface area contributed by atoms with E-state index in [0.29, 0.717) is 10.8 Å². The second kappa shape index (κ2) is 7.61. The van der Waals surface area contributed by atoms with E-state index in [0.717, 1.165) is 19.6 Å². The van der Waals surface area contributed by atoms with Crippen molar-refractivity contribution in [1.82, 2.24) is 15.2 Å². The highest BCUT2D eigenvalue weighted by molar-refractivity contribution is 6.33. The van der Waals surface area contributed by atoms with Gasteiger partial charge >= 0.3 is 0 Å². The van der Waals surface area contributed by atoms with Crippen molar-refractivity contribution in [3.63, 3.8) is 0 Å². The monoisotopic (exact) mass is 310 g/mol. The summed E-state index contributed by atoms with van der Waals surface area (Å²) in [6.07, 6.45) is 3.81. The molecule has 5 nitrogen and oxygen atoms in total. The first-order chi connectivity index (χ1) is 10.1. The third-order valence-corrected chi connectivity index (χ3v) is 3.98. The van der Waals surface area contributed by atoms with Crippen LogP contribution >= 0.6 is 11.6 Å². The van der Waals surface area contributed by atoms with Gasteiger partial charge in [0.1, 0.15) is 11.5 Å². The maximum Gasteiger partial charge on any atom is 0.271 e. The second-order valence-corrected chi connectivity index (χ2v) is 5.92. The topological polar surface area (TPSA) is 57.3 Å². The molecule has 2 rings (SSSR count). The van der Waals surface area contributed by atoms with Crippen LogP contribution in [0.25, 0.3) is 0 Å². The van der Waals surface area contributed by atoms with Crippen molar-refractivity contribution in [1.29, 1.82) is 0 Å². The number of nitrogens with zero attached hydrogens (tertiary/aromatic N) is 2. The smallest absolute Gasteiger partial charge is 0.271 e. The molecule has 1 aromatic heterocycles. The van der Waals surface area contributed by atoms with E-state index in [2.05, 4.69) is 20.5 Å². The number of hydrogen-bond acceptors (Lipinski definition) is 4. The normalized spacial score (nSPS) is 17.3. The van der Waals surface area contributed by atoms with Gasteiger partial charge in [-0.3, -0.25) is 4.79 Å². The van der Waals surface area contributed by atoms with Crippen LogP contribution in [0.3, 0.4) is 0 Å². The van der Waals surface area contributed by atoms with Gasteiger partial charge in [-0.2, -0.15) is 0 Å². The van der Waals surface area contributed by atoms with Crippen molar-refractivity contribution in [2.75, 3.05) is 32.0 Å². The number of carbonyl (C=O) groups excluding carboxylic acids is 1. The Balaban J connectivity index is 1.93. The molecule has 1 saturated heterocycles. The zero-order chi connectivity index (χ0) is 15.2. The number of likely N-dealkylation sites (tertiary alicyclic amines) is 1. The number of nitrogens with one attached hydrogen (secondary N) is 2. The van der Waals surface area contributed by atoms with Gasteiger partial charge in [0.25, 0.3) is 5.91 Å². The van der Waals surface area contributed by atoms with Gasteiger partial charge in [-0.15, -0.1) is 0 Å². The van der Waals surface area contributed by atoms with Gasteiger partial charge in [-0.05, 0) is 45.0 Å². The number of anilines is 1. The van der Waals surface area contributed by atoms with Crippen molar-refractivity contribution >= 4 is 23.3 Å². The van der Waals surface area contributed by atoms with Crippen LogP contribution in [0, 0.1) is 0 Å². The fourth-order valence-electron chi connectivity index (χ4n) is 2.61. The molecule has 6 heteroatoms. The van der Waals surface area contributed by atoms with Gasteiger partial charge in [0.05, 0.1) is 5.02 Å². The standard InChI is InChI=1S/C15H23ClN4O/c1-11(10-20-8-4-3-5-9-20)18-15(21)14-12(16)6-7-13(17-2)19-14/h6-7,11H,3-5,8-10H2,1-2H3,(H,17,19)(H,18,21). The van der Waals surface area contributed by atoms with E-state index in [1.807, 2.05) is 6.92 Å². The Bertz CT molecular complexity index is 489. The van der Waals surface area contributed by atoms with E-state index in [-0.39, 0.29) is 17.6 Å². The number of rotatable bonds is 5. The molecule has 1 unspecified atom stereocenters. The number of pyridine rings is 1. The lowest BCUT2D eigenvalue weighted by Gasteiger charge is -2.29. The van der Waals surface area contributed by atoms with Crippen molar-refractivity contribution in [2.24, 2.45) is 0 Å². The molecule has 1 aliphatic rings. The summed E-state index contributed by atoms with van der Waals surface area (Å²) in [5, 5.41) is 6.26. The largest absolute Gasteiger partial charge is 0.373 e. The molecule has 0 saturated carbocycles. The Kier molecular flexibility index (Phi) is 5.82. The molecule has 0 bridgehead atoms. The van der Waals surface area contributed by atoms with Crippen LogP contribution in [-0.2, 0) is 0 Å². The minimum absolute atomic E-state index is 0.0757. The van der Waals surface area contributed by atoms with Gasteiger partial charge in [-0.25, -0.2) is 4.98 Å². The van der Waals surface area contributed by atoms with E-state index in [1.54, 1.807) is 19.2 Å². The summed E-state index contributed by atoms with van der Waals surface area (Å²) in [6, 6.07) is 3.51. The molecule has 2 heterocycles. The lowest BCUT2D eigenvalue weighted by molar-refractivity contribution is 0.0921. The number of aromatic nitrogens is 1. The van der Waals surface area contributed by atoms with Crippen LogP contribution < -0.4 is 10.6 Å². The minimum Gasteiger partial charge on any atom is -0.373 e. The number of piperidine rings is 1. The van der Waals surface area contributed by atoms with E-state index >= 15 is 0 Å². The lowest BCUT2D eigenvalue weighted by atomic mass is 10.1. The molecule has 0 spiro atoms. The van der Waals surface area contributed by atoms with Gasteiger partial charge in [0.2, 0.25) is 0 Å². The Labute approximate surface area is 131 Å². The Morgan fingerprint density at radius 1 is 1.38 bits per heavy atom. The van der Waals surface area contributed by atoms with Crippen molar-refractivity contribution in [2.45, 2.75) is 32.2 Å². The molecule has 2 N–H and O–H groups in total. The quantitative estimate of drug-likeness (QED) is 0.877. The summed E-state index contributed by atoms with van der Waals surface area (Å²) in [5.74, 6) is 0.412. The third-order valence-electron chi connectivity index (χ3n) is 3.68. The van der Waals surface area contributed by atoms with E-state index in [1.165, 1.54) is 19.3 Å². The molecule has 0 aliphatic carbocycles. The zero-order valence-corrected chi connectivity index (χ0v) is 13.4. The number of hydrogen-bond donors (Lipinski definition) is 2. The number of carbonyl (C=O) groups is 1. The summed E-state index contributed by atoms with van der Waals surface area (Å²) in [7, 11) is 1.76. The summed E-state index contributed by atoms with van der Waals surface area (Å²) in [5.41, 5.74) is 0.272. The van der Waals surface area contributed by atoms with E-state index in [9.17, 15) is 4.79 Å². The molecule has 1 aromatic rings. The molecule has 0 radical (unpaired) electrons. The summed E-state index contributed by atoms with van der Waals surface area (Å²) in [4.78, 5) is 18.9. The highest BCUT2D eigenvalue weighted by Crippen LogP contribution is 2.16. The lowest BCUT2D eigenvalue weighted by Crippen LogP contribution is -2.43. The maximum atomic E-state index is 12.3. The highest BCUT2D eigenvalue weighted by atomic mass is 35.5. The maximum absolute atomic E-state index is 12.3. The van der Waals surface area contributed by atoms with Crippen molar-refractivity contribution < 1.29 is 4.79 Å². The highest BCUT2D eigenvalue weighted by Gasteiger charge is 2.18. The SMILES string of the molecule is CNc1ccc(Cl)c(C(=O)NC(C)CN2CCCCC2)n1. The number of halogens is 1. The Morgan fingerprint density at radius 3 is 2.76 bits per heavy atom. The predicted molar refractivity (Wildman–Crippen MR) is 86.0 cm³/mol. The van der Waals surface area contributed by atoms with Gasteiger partial charge in [0, 0.05) is 19.6 Å². The molecule has 1 fully saturated rings. The van der Waals surface area contributed by atoms with Crippen LogP contribution in [-0.4, -0.2) is 48.5 Å². The van der Waals surface area contributed by atoms with Crippen molar-refractivity contribution in [3.05, 3.63) is 22.8 Å². The molecule has 1 aliphatic heterocycles. The van der Waals surface area contributed by atoms with Crippen LogP contribution in [0.1, 0.15) is 36.7 Å². The summed E-state index contributed by atoms with van der Waals surface area (Å²) < 4.78 is 0.